The first-order valence-electron chi connectivity index (χ1n) is 8.09. The third-order valence-electron chi connectivity index (χ3n) is 4.53. The van der Waals surface area contributed by atoms with Crippen molar-refractivity contribution in [2.24, 2.45) is 0 Å². The smallest absolute Gasteiger partial charge is 0.221 e. The lowest BCUT2D eigenvalue weighted by Gasteiger charge is -2.32. The van der Waals surface area contributed by atoms with Gasteiger partial charge in [0.1, 0.15) is 13.2 Å². The molecule has 22 heavy (non-hydrogen) atoms. The lowest BCUT2D eigenvalue weighted by Crippen LogP contribution is -2.44. The molecule has 1 aliphatic heterocycles. The highest BCUT2D eigenvalue weighted by Gasteiger charge is 2.37. The van der Waals surface area contributed by atoms with Gasteiger partial charge in [0, 0.05) is 13.0 Å². The number of fused-ring (bicyclic) bond motifs is 1. The molecule has 5 heteroatoms. The van der Waals surface area contributed by atoms with Crippen LogP contribution in [0.2, 0.25) is 0 Å². The zero-order chi connectivity index (χ0) is 15.4. The number of amides is 1. The van der Waals surface area contributed by atoms with Crippen molar-refractivity contribution in [1.29, 1.82) is 0 Å². The van der Waals surface area contributed by atoms with E-state index in [0.29, 0.717) is 26.2 Å². The minimum absolute atomic E-state index is 0.103. The predicted molar refractivity (Wildman–Crippen MR) is 84.3 cm³/mol. The summed E-state index contributed by atoms with van der Waals surface area (Å²) in [7, 11) is 1.86. The van der Waals surface area contributed by atoms with E-state index >= 15 is 0 Å². The van der Waals surface area contributed by atoms with Gasteiger partial charge in [-0.2, -0.15) is 0 Å². The summed E-state index contributed by atoms with van der Waals surface area (Å²) in [6, 6.07) is 6.07. The first-order chi connectivity index (χ1) is 10.7. The van der Waals surface area contributed by atoms with Crippen LogP contribution in [0.5, 0.6) is 11.5 Å². The first kappa shape index (κ1) is 15.2. The van der Waals surface area contributed by atoms with Crippen LogP contribution in [0.4, 0.5) is 0 Å². The van der Waals surface area contributed by atoms with Crippen molar-refractivity contribution < 1.29 is 14.3 Å². The molecule has 0 bridgehead atoms. The molecule has 1 heterocycles. The number of hydrogen-bond donors (Lipinski definition) is 2. The molecule has 0 unspecified atom stereocenters. The normalized spacial score (nSPS) is 19.0. The van der Waals surface area contributed by atoms with Crippen molar-refractivity contribution >= 4 is 5.91 Å². The van der Waals surface area contributed by atoms with Gasteiger partial charge in [0.15, 0.2) is 11.5 Å². The standard InChI is InChI=1S/C17H24N2O3/c1-18-9-6-16(20)19-17(7-2-3-8-17)13-4-5-14-15(12-13)22-11-10-21-14/h4-5,12,18H,2-3,6-11H2,1H3,(H,19,20). The molecule has 0 saturated heterocycles. The molecule has 1 aromatic rings. The monoisotopic (exact) mass is 304 g/mol. The van der Waals surface area contributed by atoms with E-state index in [1.165, 1.54) is 0 Å². The second-order valence-electron chi connectivity index (χ2n) is 6.05. The van der Waals surface area contributed by atoms with Crippen LogP contribution in [-0.4, -0.2) is 32.7 Å². The van der Waals surface area contributed by atoms with Crippen LogP contribution in [0.25, 0.3) is 0 Å². The van der Waals surface area contributed by atoms with Gasteiger partial charge in [-0.25, -0.2) is 0 Å². The second-order valence-corrected chi connectivity index (χ2v) is 6.05. The van der Waals surface area contributed by atoms with E-state index in [0.717, 1.165) is 42.7 Å². The average Bonchev–Trinajstić information content (AvgIpc) is 3.02. The molecule has 1 aromatic carbocycles. The maximum atomic E-state index is 12.2. The number of hydrogen-bond acceptors (Lipinski definition) is 4. The van der Waals surface area contributed by atoms with E-state index < -0.39 is 0 Å². The molecule has 0 spiro atoms. The highest BCUT2D eigenvalue weighted by Crippen LogP contribution is 2.42. The summed E-state index contributed by atoms with van der Waals surface area (Å²) in [5.74, 6) is 1.69. The Hall–Kier alpha value is -1.75. The minimum Gasteiger partial charge on any atom is -0.486 e. The van der Waals surface area contributed by atoms with Crippen molar-refractivity contribution in [3.05, 3.63) is 23.8 Å². The fraction of sp³-hybridized carbons (Fsp3) is 0.588. The van der Waals surface area contributed by atoms with Crippen LogP contribution < -0.4 is 20.1 Å². The van der Waals surface area contributed by atoms with E-state index in [4.69, 9.17) is 9.47 Å². The molecular weight excluding hydrogens is 280 g/mol. The van der Waals surface area contributed by atoms with Crippen LogP contribution in [0.1, 0.15) is 37.7 Å². The molecule has 0 aromatic heterocycles. The third-order valence-corrected chi connectivity index (χ3v) is 4.53. The summed E-state index contributed by atoms with van der Waals surface area (Å²) >= 11 is 0. The highest BCUT2D eigenvalue weighted by atomic mass is 16.6. The molecule has 120 valence electrons. The van der Waals surface area contributed by atoms with Crippen LogP contribution in [0.15, 0.2) is 18.2 Å². The largest absolute Gasteiger partial charge is 0.486 e. The summed E-state index contributed by atoms with van der Waals surface area (Å²) in [5.41, 5.74) is 0.882. The molecule has 0 atom stereocenters. The Morgan fingerprint density at radius 1 is 1.18 bits per heavy atom. The quantitative estimate of drug-likeness (QED) is 0.873. The van der Waals surface area contributed by atoms with Crippen LogP contribution >= 0.6 is 0 Å². The van der Waals surface area contributed by atoms with E-state index in [9.17, 15) is 4.79 Å². The fourth-order valence-electron chi connectivity index (χ4n) is 3.37. The number of nitrogens with one attached hydrogen (secondary N) is 2. The van der Waals surface area contributed by atoms with Crippen LogP contribution in [0, 0.1) is 0 Å². The second kappa shape index (κ2) is 6.57. The maximum Gasteiger partial charge on any atom is 0.221 e. The lowest BCUT2D eigenvalue weighted by molar-refractivity contribution is -0.123. The maximum absolute atomic E-state index is 12.2. The van der Waals surface area contributed by atoms with Gasteiger partial charge >= 0.3 is 0 Å². The Balaban J connectivity index is 1.82. The molecule has 5 nitrogen and oxygen atoms in total. The Morgan fingerprint density at radius 3 is 2.64 bits per heavy atom. The van der Waals surface area contributed by atoms with Gasteiger partial charge in [-0.1, -0.05) is 18.9 Å². The van der Waals surface area contributed by atoms with Crippen molar-refractivity contribution in [1.82, 2.24) is 10.6 Å². The lowest BCUT2D eigenvalue weighted by atomic mass is 9.87. The minimum atomic E-state index is -0.249. The molecule has 0 radical (unpaired) electrons. The van der Waals surface area contributed by atoms with Gasteiger partial charge in [-0.15, -0.1) is 0 Å². The molecule has 1 amide bonds. The summed E-state index contributed by atoms with van der Waals surface area (Å²) in [6.45, 7) is 1.87. The summed E-state index contributed by atoms with van der Waals surface area (Å²) < 4.78 is 11.3. The fourth-order valence-corrected chi connectivity index (χ4v) is 3.37. The van der Waals surface area contributed by atoms with Gasteiger partial charge in [-0.3, -0.25) is 4.79 Å². The van der Waals surface area contributed by atoms with Gasteiger partial charge in [0.25, 0.3) is 0 Å². The van der Waals surface area contributed by atoms with E-state index in [1.54, 1.807) is 0 Å². The van der Waals surface area contributed by atoms with Gasteiger partial charge in [-0.05, 0) is 37.6 Å². The van der Waals surface area contributed by atoms with Crippen molar-refractivity contribution in [2.75, 3.05) is 26.8 Å². The van der Waals surface area contributed by atoms with E-state index in [-0.39, 0.29) is 11.4 Å². The van der Waals surface area contributed by atoms with Gasteiger partial charge in [0.05, 0.1) is 5.54 Å². The first-order valence-corrected chi connectivity index (χ1v) is 8.09. The number of carbonyl (C=O) groups excluding carboxylic acids is 1. The SMILES string of the molecule is CNCCC(=O)NC1(c2ccc3c(c2)OCCO3)CCCC1. The van der Waals surface area contributed by atoms with E-state index in [2.05, 4.69) is 16.7 Å². The molecule has 1 saturated carbocycles. The molecule has 3 rings (SSSR count). The van der Waals surface area contributed by atoms with Crippen molar-refractivity contribution in [3.8, 4) is 11.5 Å². The summed E-state index contributed by atoms with van der Waals surface area (Å²) in [5, 5.41) is 6.29. The Bertz CT molecular complexity index is 539. The summed E-state index contributed by atoms with van der Waals surface area (Å²) in [6.07, 6.45) is 4.75. The number of rotatable bonds is 5. The summed E-state index contributed by atoms with van der Waals surface area (Å²) in [4.78, 5) is 12.2. The van der Waals surface area contributed by atoms with Crippen molar-refractivity contribution in [2.45, 2.75) is 37.6 Å². The average molecular weight is 304 g/mol. The Labute approximate surface area is 131 Å². The zero-order valence-electron chi connectivity index (χ0n) is 13.1. The topological polar surface area (TPSA) is 59.6 Å². The molecule has 1 aliphatic carbocycles. The van der Waals surface area contributed by atoms with Gasteiger partial charge in [0.2, 0.25) is 5.91 Å². The number of benzene rings is 1. The number of carbonyl (C=O) groups is 1. The van der Waals surface area contributed by atoms with Crippen molar-refractivity contribution in [3.63, 3.8) is 0 Å². The molecular formula is C17H24N2O3. The highest BCUT2D eigenvalue weighted by molar-refractivity contribution is 5.77. The van der Waals surface area contributed by atoms with Crippen LogP contribution in [0.3, 0.4) is 0 Å². The zero-order valence-corrected chi connectivity index (χ0v) is 13.1. The predicted octanol–water partition coefficient (Wildman–Crippen LogP) is 1.95. The third kappa shape index (κ3) is 3.04. The number of ether oxygens (including phenoxy) is 2. The molecule has 2 aliphatic rings. The van der Waals surface area contributed by atoms with E-state index in [1.807, 2.05) is 19.2 Å². The Morgan fingerprint density at radius 2 is 1.91 bits per heavy atom. The van der Waals surface area contributed by atoms with Crippen LogP contribution in [-0.2, 0) is 10.3 Å². The Kier molecular flexibility index (Phi) is 4.52. The molecule has 1 fully saturated rings. The molecule has 2 N–H and O–H groups in total. The van der Waals surface area contributed by atoms with Gasteiger partial charge < -0.3 is 20.1 Å².